The quantitative estimate of drug-likeness (QED) is 0.733. The van der Waals surface area contributed by atoms with Gasteiger partial charge in [-0.3, -0.25) is 0 Å². The van der Waals surface area contributed by atoms with E-state index in [1.54, 1.807) is 0 Å². The van der Waals surface area contributed by atoms with Crippen molar-refractivity contribution in [3.63, 3.8) is 0 Å². The van der Waals surface area contributed by atoms with E-state index >= 15 is 0 Å². The molecule has 0 amide bonds. The number of unbranched alkanes of at least 4 members (excludes halogenated alkanes) is 1. The SMILES string of the molecule is CCCCC(CC)C[O][W]. The molecule has 0 fully saturated rings. The zero-order valence-corrected chi connectivity index (χ0v) is 9.86. The Labute approximate surface area is 75.9 Å². The van der Waals surface area contributed by atoms with E-state index in [4.69, 9.17) is 3.39 Å². The molecule has 0 aromatic carbocycles. The zero-order chi connectivity index (χ0) is 7.82. The Bertz CT molecular complexity index is 66.3. The van der Waals surface area contributed by atoms with E-state index in [1.165, 1.54) is 45.9 Å². The van der Waals surface area contributed by atoms with Crippen LogP contribution in [-0.2, 0) is 23.6 Å². The van der Waals surface area contributed by atoms with Gasteiger partial charge in [0, 0.05) is 0 Å². The first kappa shape index (κ1) is 10.6. The Balaban J connectivity index is 3.21. The van der Waals surface area contributed by atoms with Gasteiger partial charge in [0.15, 0.2) is 0 Å². The van der Waals surface area contributed by atoms with Gasteiger partial charge in [-0.05, 0) is 0 Å². The van der Waals surface area contributed by atoms with Crippen LogP contribution in [-0.4, -0.2) is 6.61 Å². The molecule has 0 heterocycles. The summed E-state index contributed by atoms with van der Waals surface area (Å²) in [5, 5.41) is 0. The molecular formula is C8H17OW. The maximum absolute atomic E-state index is 5.18. The molecular weight excluding hydrogens is 296 g/mol. The number of hydrogen-bond donors (Lipinski definition) is 0. The summed E-state index contributed by atoms with van der Waals surface area (Å²) in [6.45, 7) is 5.46. The molecule has 0 rings (SSSR count). The Kier molecular flexibility index (Phi) is 8.25. The first-order valence-electron chi connectivity index (χ1n) is 4.09. The fraction of sp³-hybridized carbons (Fsp3) is 1.00. The van der Waals surface area contributed by atoms with Crippen LogP contribution >= 0.6 is 0 Å². The van der Waals surface area contributed by atoms with Gasteiger partial charge in [0.05, 0.1) is 0 Å². The minimum atomic E-state index is 0.817. The first-order valence-corrected chi connectivity index (χ1v) is 5.29. The number of rotatable bonds is 6. The minimum absolute atomic E-state index is 0.817. The maximum atomic E-state index is 5.18. The molecule has 0 radical (unpaired) electrons. The standard InChI is InChI=1S/C8H17O.W/c1-3-5-6-8(4-2)7-9;/h8H,3-7H2,1-2H3;/q-1;+1. The third kappa shape index (κ3) is 5.43. The predicted octanol–water partition coefficient (Wildman–Crippen LogP) is 2.68. The molecule has 10 heavy (non-hydrogen) atoms. The Morgan fingerprint density at radius 3 is 2.50 bits per heavy atom. The van der Waals surface area contributed by atoms with Gasteiger partial charge in [-0.2, -0.15) is 0 Å². The van der Waals surface area contributed by atoms with E-state index < -0.39 is 0 Å². The van der Waals surface area contributed by atoms with E-state index in [1.807, 2.05) is 0 Å². The van der Waals surface area contributed by atoms with Gasteiger partial charge < -0.3 is 0 Å². The third-order valence-electron chi connectivity index (χ3n) is 1.85. The summed E-state index contributed by atoms with van der Waals surface area (Å²) in [5.41, 5.74) is 0. The fourth-order valence-corrected chi connectivity index (χ4v) is 1.69. The average molecular weight is 313 g/mol. The van der Waals surface area contributed by atoms with Crippen molar-refractivity contribution < 1.29 is 23.6 Å². The molecule has 0 aromatic rings. The van der Waals surface area contributed by atoms with Gasteiger partial charge >= 0.3 is 75.6 Å². The monoisotopic (exact) mass is 313 g/mol. The van der Waals surface area contributed by atoms with Crippen LogP contribution in [0, 0.1) is 5.92 Å². The van der Waals surface area contributed by atoms with Crippen molar-refractivity contribution >= 4 is 0 Å². The van der Waals surface area contributed by atoms with E-state index in [0.29, 0.717) is 0 Å². The fourth-order valence-electron chi connectivity index (χ4n) is 0.994. The van der Waals surface area contributed by atoms with Crippen molar-refractivity contribution in [3.8, 4) is 0 Å². The van der Waals surface area contributed by atoms with Gasteiger partial charge in [-0.15, -0.1) is 0 Å². The molecule has 2 heteroatoms. The molecule has 0 saturated heterocycles. The normalized spacial score (nSPS) is 13.4. The van der Waals surface area contributed by atoms with Crippen molar-refractivity contribution in [2.24, 2.45) is 5.92 Å². The summed E-state index contributed by atoms with van der Waals surface area (Å²) in [6, 6.07) is 0. The van der Waals surface area contributed by atoms with Crippen molar-refractivity contribution in [2.45, 2.75) is 39.5 Å². The Hall–Kier alpha value is 0.648. The van der Waals surface area contributed by atoms with Gasteiger partial charge in [0.25, 0.3) is 0 Å². The molecule has 0 spiro atoms. The topological polar surface area (TPSA) is 9.23 Å². The molecule has 1 unspecified atom stereocenters. The summed E-state index contributed by atoms with van der Waals surface area (Å²) in [7, 11) is 0. The van der Waals surface area contributed by atoms with E-state index in [9.17, 15) is 0 Å². The second-order valence-corrected chi connectivity index (χ2v) is 3.55. The molecule has 0 aliphatic heterocycles. The van der Waals surface area contributed by atoms with Crippen molar-refractivity contribution in [3.05, 3.63) is 0 Å². The van der Waals surface area contributed by atoms with E-state index in [0.717, 1.165) is 12.5 Å². The van der Waals surface area contributed by atoms with Crippen LogP contribution in [0.2, 0.25) is 0 Å². The van der Waals surface area contributed by atoms with Crippen molar-refractivity contribution in [1.29, 1.82) is 0 Å². The predicted molar refractivity (Wildman–Crippen MR) is 39.3 cm³/mol. The van der Waals surface area contributed by atoms with Gasteiger partial charge in [0.2, 0.25) is 0 Å². The van der Waals surface area contributed by atoms with Gasteiger partial charge in [0.1, 0.15) is 0 Å². The molecule has 61 valence electrons. The van der Waals surface area contributed by atoms with Crippen molar-refractivity contribution in [2.75, 3.05) is 6.61 Å². The molecule has 0 N–H and O–H groups in total. The van der Waals surface area contributed by atoms with Crippen LogP contribution in [0.25, 0.3) is 0 Å². The molecule has 0 bridgehead atoms. The summed E-state index contributed by atoms with van der Waals surface area (Å²) in [6.07, 6.45) is 5.29. The van der Waals surface area contributed by atoms with Crippen LogP contribution in [0.4, 0.5) is 0 Å². The summed E-state index contributed by atoms with van der Waals surface area (Å²) < 4.78 is 5.18. The van der Waals surface area contributed by atoms with Gasteiger partial charge in [-0.25, -0.2) is 0 Å². The average Bonchev–Trinajstić information content (AvgIpc) is 1.98. The Morgan fingerprint density at radius 2 is 2.10 bits per heavy atom. The van der Waals surface area contributed by atoms with Crippen LogP contribution < -0.4 is 0 Å². The molecule has 0 aromatic heterocycles. The van der Waals surface area contributed by atoms with Crippen molar-refractivity contribution in [1.82, 2.24) is 0 Å². The number of hydrogen-bond acceptors (Lipinski definition) is 1. The summed E-state index contributed by atoms with van der Waals surface area (Å²) >= 11 is 1.25. The van der Waals surface area contributed by atoms with Crippen LogP contribution in [0.5, 0.6) is 0 Å². The van der Waals surface area contributed by atoms with Crippen LogP contribution in [0.1, 0.15) is 39.5 Å². The molecule has 0 aliphatic carbocycles. The first-order chi connectivity index (χ1) is 4.85. The summed E-state index contributed by atoms with van der Waals surface area (Å²) in [5.74, 6) is 0.817. The van der Waals surface area contributed by atoms with E-state index in [-0.39, 0.29) is 0 Å². The second-order valence-electron chi connectivity index (χ2n) is 2.70. The molecule has 0 saturated carbocycles. The second kappa shape index (κ2) is 7.75. The summed E-state index contributed by atoms with van der Waals surface area (Å²) in [4.78, 5) is 0. The zero-order valence-electron chi connectivity index (χ0n) is 6.93. The van der Waals surface area contributed by atoms with Crippen LogP contribution in [0.15, 0.2) is 0 Å². The molecule has 1 nitrogen and oxygen atoms in total. The van der Waals surface area contributed by atoms with Gasteiger partial charge in [-0.1, -0.05) is 0 Å². The third-order valence-corrected chi connectivity index (χ3v) is 2.34. The molecule has 0 aliphatic rings. The van der Waals surface area contributed by atoms with E-state index in [2.05, 4.69) is 13.8 Å². The molecule has 1 atom stereocenters. The Morgan fingerprint density at radius 1 is 1.40 bits per heavy atom. The van der Waals surface area contributed by atoms with Crippen LogP contribution in [0.3, 0.4) is 0 Å².